The fourth-order valence-electron chi connectivity index (χ4n) is 1.93. The number of nitrogens with one attached hydrogen (secondary N) is 1. The number of nitrogen functional groups attached to an aromatic ring is 1. The van der Waals surface area contributed by atoms with Crippen LogP contribution in [0.15, 0.2) is 22.7 Å². The summed E-state index contributed by atoms with van der Waals surface area (Å²) in [7, 11) is 0. The number of benzene rings is 1. The molecular formula is C12H10BrClN4S. The Morgan fingerprint density at radius 3 is 2.89 bits per heavy atom. The monoisotopic (exact) mass is 356 g/mol. The predicted octanol–water partition coefficient (Wildman–Crippen LogP) is 3.59. The summed E-state index contributed by atoms with van der Waals surface area (Å²) in [6, 6.07) is 5.66. The molecule has 2 aromatic rings. The number of nitrogens with zero attached hydrogens (tertiary/aromatic N) is 2. The fourth-order valence-corrected chi connectivity index (χ4v) is 3.40. The maximum absolute atomic E-state index is 6.11. The summed E-state index contributed by atoms with van der Waals surface area (Å²) in [4.78, 5) is 9.07. The van der Waals surface area contributed by atoms with Crippen LogP contribution < -0.4 is 11.3 Å². The van der Waals surface area contributed by atoms with Crippen molar-refractivity contribution in [1.29, 1.82) is 0 Å². The molecule has 98 valence electrons. The quantitative estimate of drug-likeness (QED) is 0.635. The molecular weight excluding hydrogens is 348 g/mol. The average molecular weight is 358 g/mol. The second-order valence-corrected chi connectivity index (χ2v) is 6.33. The molecule has 0 spiro atoms. The molecule has 19 heavy (non-hydrogen) atoms. The molecule has 0 unspecified atom stereocenters. The van der Waals surface area contributed by atoms with Gasteiger partial charge in [-0.25, -0.2) is 15.8 Å². The highest BCUT2D eigenvalue weighted by Gasteiger charge is 2.20. The third-order valence-electron chi connectivity index (χ3n) is 2.89. The van der Waals surface area contributed by atoms with Crippen molar-refractivity contribution in [1.82, 2.24) is 9.97 Å². The van der Waals surface area contributed by atoms with Crippen molar-refractivity contribution in [2.75, 3.05) is 5.43 Å². The van der Waals surface area contributed by atoms with Gasteiger partial charge in [0.1, 0.15) is 5.82 Å². The first kappa shape index (κ1) is 13.2. The van der Waals surface area contributed by atoms with Gasteiger partial charge in [0.2, 0.25) is 0 Å². The molecule has 3 rings (SSSR count). The number of aromatic nitrogens is 2. The van der Waals surface area contributed by atoms with Crippen LogP contribution in [0.3, 0.4) is 0 Å². The van der Waals surface area contributed by atoms with Gasteiger partial charge in [-0.3, -0.25) is 0 Å². The van der Waals surface area contributed by atoms with Gasteiger partial charge in [0.25, 0.3) is 0 Å². The van der Waals surface area contributed by atoms with E-state index in [-0.39, 0.29) is 0 Å². The lowest BCUT2D eigenvalue weighted by Crippen LogP contribution is -2.12. The first-order valence-corrected chi connectivity index (χ1v) is 7.91. The van der Waals surface area contributed by atoms with E-state index in [4.69, 9.17) is 17.4 Å². The van der Waals surface area contributed by atoms with Gasteiger partial charge in [-0.1, -0.05) is 11.6 Å². The molecule has 1 aliphatic rings. The van der Waals surface area contributed by atoms with Crippen molar-refractivity contribution in [2.45, 2.75) is 11.5 Å². The minimum absolute atomic E-state index is 0.637. The Morgan fingerprint density at radius 2 is 2.16 bits per heavy atom. The second-order valence-electron chi connectivity index (χ2n) is 4.09. The van der Waals surface area contributed by atoms with E-state index in [1.165, 1.54) is 0 Å². The molecule has 0 saturated heterocycles. The molecule has 0 amide bonds. The normalized spacial score (nSPS) is 13.4. The van der Waals surface area contributed by atoms with Crippen molar-refractivity contribution >= 4 is 45.1 Å². The third kappa shape index (κ3) is 2.45. The first-order chi connectivity index (χ1) is 9.19. The van der Waals surface area contributed by atoms with Crippen LogP contribution in [0.5, 0.6) is 0 Å². The summed E-state index contributed by atoms with van der Waals surface area (Å²) >= 11 is 11.3. The minimum atomic E-state index is 0.637. The molecule has 0 aliphatic carbocycles. The summed E-state index contributed by atoms with van der Waals surface area (Å²) in [5, 5.41) is 0.637. The number of fused-ring (bicyclic) bond motifs is 1. The number of thioether (sulfide) groups is 1. The molecule has 1 aromatic heterocycles. The van der Waals surface area contributed by atoms with E-state index >= 15 is 0 Å². The van der Waals surface area contributed by atoms with Crippen LogP contribution in [0, 0.1) is 0 Å². The SMILES string of the molecule is NNc1nc(-c2ccc(Br)c(Cl)c2)nc2c1CSC2. The lowest BCUT2D eigenvalue weighted by atomic mass is 10.2. The molecule has 0 radical (unpaired) electrons. The number of rotatable bonds is 2. The van der Waals surface area contributed by atoms with Crippen LogP contribution >= 0.6 is 39.3 Å². The van der Waals surface area contributed by atoms with Gasteiger partial charge in [-0.15, -0.1) is 0 Å². The molecule has 0 fully saturated rings. The van der Waals surface area contributed by atoms with Crippen LogP contribution in [0.2, 0.25) is 5.02 Å². The van der Waals surface area contributed by atoms with E-state index in [9.17, 15) is 0 Å². The van der Waals surface area contributed by atoms with Gasteiger partial charge in [-0.05, 0) is 34.1 Å². The zero-order chi connectivity index (χ0) is 13.4. The van der Waals surface area contributed by atoms with Crippen LogP contribution in [-0.4, -0.2) is 9.97 Å². The number of halogens is 2. The van der Waals surface area contributed by atoms with E-state index in [1.807, 2.05) is 30.0 Å². The van der Waals surface area contributed by atoms with Crippen molar-refractivity contribution in [3.63, 3.8) is 0 Å². The summed E-state index contributed by atoms with van der Waals surface area (Å²) < 4.78 is 0.854. The van der Waals surface area contributed by atoms with Crippen molar-refractivity contribution in [3.05, 3.63) is 39.0 Å². The Hall–Kier alpha value is -0.820. The maximum atomic E-state index is 6.11. The van der Waals surface area contributed by atoms with E-state index in [0.717, 1.165) is 32.8 Å². The lowest BCUT2D eigenvalue weighted by molar-refractivity contribution is 1.06. The van der Waals surface area contributed by atoms with Gasteiger partial charge in [0, 0.05) is 27.1 Å². The highest BCUT2D eigenvalue weighted by atomic mass is 79.9. The van der Waals surface area contributed by atoms with E-state index in [0.29, 0.717) is 16.7 Å². The van der Waals surface area contributed by atoms with Gasteiger partial charge in [-0.2, -0.15) is 11.8 Å². The van der Waals surface area contributed by atoms with Crippen LogP contribution in [0.4, 0.5) is 5.82 Å². The topological polar surface area (TPSA) is 63.8 Å². The van der Waals surface area contributed by atoms with Gasteiger partial charge < -0.3 is 5.43 Å². The van der Waals surface area contributed by atoms with Crippen LogP contribution in [0.1, 0.15) is 11.3 Å². The Bertz CT molecular complexity index is 650. The van der Waals surface area contributed by atoms with Crippen molar-refractivity contribution < 1.29 is 0 Å². The smallest absolute Gasteiger partial charge is 0.161 e. The number of hydrazine groups is 1. The van der Waals surface area contributed by atoms with E-state index in [2.05, 4.69) is 31.3 Å². The zero-order valence-corrected chi connectivity index (χ0v) is 12.9. The van der Waals surface area contributed by atoms with E-state index < -0.39 is 0 Å². The lowest BCUT2D eigenvalue weighted by Gasteiger charge is -2.09. The van der Waals surface area contributed by atoms with Crippen LogP contribution in [-0.2, 0) is 11.5 Å². The molecule has 7 heteroatoms. The molecule has 0 bridgehead atoms. The average Bonchev–Trinajstić information content (AvgIpc) is 2.89. The third-order valence-corrected chi connectivity index (χ3v) is 5.10. The maximum Gasteiger partial charge on any atom is 0.161 e. The number of nitrogens with two attached hydrogens (primary N) is 1. The number of anilines is 1. The summed E-state index contributed by atoms with van der Waals surface area (Å²) in [6.07, 6.45) is 0. The van der Waals surface area contributed by atoms with Crippen molar-refractivity contribution in [3.8, 4) is 11.4 Å². The highest BCUT2D eigenvalue weighted by Crippen LogP contribution is 2.35. The van der Waals surface area contributed by atoms with Gasteiger partial charge in [0.05, 0.1) is 10.7 Å². The first-order valence-electron chi connectivity index (χ1n) is 5.58. The largest absolute Gasteiger partial charge is 0.308 e. The molecule has 2 heterocycles. The van der Waals surface area contributed by atoms with Crippen LogP contribution in [0.25, 0.3) is 11.4 Å². The Labute approximate surface area is 128 Å². The van der Waals surface area contributed by atoms with Crippen molar-refractivity contribution in [2.24, 2.45) is 5.84 Å². The number of hydrogen-bond acceptors (Lipinski definition) is 5. The van der Waals surface area contributed by atoms with Gasteiger partial charge in [0.15, 0.2) is 5.82 Å². The van der Waals surface area contributed by atoms with Gasteiger partial charge >= 0.3 is 0 Å². The fraction of sp³-hybridized carbons (Fsp3) is 0.167. The molecule has 0 atom stereocenters. The molecule has 4 nitrogen and oxygen atoms in total. The highest BCUT2D eigenvalue weighted by molar-refractivity contribution is 9.10. The summed E-state index contributed by atoms with van der Waals surface area (Å²) in [6.45, 7) is 0. The standard InChI is InChI=1S/C12H10BrClN4S/c13-8-2-1-6(3-9(8)14)11-16-10-5-19-4-7(10)12(17-11)18-15/h1-3H,4-5,15H2,(H,16,17,18). The molecule has 3 N–H and O–H groups in total. The van der Waals surface area contributed by atoms with E-state index in [1.54, 1.807) is 0 Å². The molecule has 1 aromatic carbocycles. The predicted molar refractivity (Wildman–Crippen MR) is 83.0 cm³/mol. The minimum Gasteiger partial charge on any atom is -0.308 e. The summed E-state index contributed by atoms with van der Waals surface area (Å²) in [5.74, 6) is 8.67. The molecule has 1 aliphatic heterocycles. The Balaban J connectivity index is 2.12. The Kier molecular flexibility index (Phi) is 3.66. The second kappa shape index (κ2) is 5.28. The molecule has 0 saturated carbocycles. The number of hydrogen-bond donors (Lipinski definition) is 2. The Morgan fingerprint density at radius 1 is 1.32 bits per heavy atom. The summed E-state index contributed by atoms with van der Waals surface area (Å²) in [5.41, 5.74) is 5.68. The zero-order valence-electron chi connectivity index (χ0n) is 9.78.